The van der Waals surface area contributed by atoms with Gasteiger partial charge in [-0.05, 0) is 67.7 Å². The van der Waals surface area contributed by atoms with Crippen LogP contribution in [0.5, 0.6) is 0 Å². The van der Waals surface area contributed by atoms with Crippen LogP contribution in [0.15, 0.2) is 30.5 Å². The van der Waals surface area contributed by atoms with Gasteiger partial charge in [0.1, 0.15) is 0 Å². The maximum Gasteiger partial charge on any atom is 0.312 e. The third kappa shape index (κ3) is 5.26. The number of aromatic nitrogens is 2. The SMILES string of the molecule is O=C1C(=O)N(C(c2ccnc(Cl)n2)C2CCNCC2)CCN1CC=Cc1ccc(Cl)s1. The van der Waals surface area contributed by atoms with Gasteiger partial charge in [-0.1, -0.05) is 17.7 Å². The number of carbonyl (C=O) groups is 2. The van der Waals surface area contributed by atoms with Crippen molar-refractivity contribution in [2.45, 2.75) is 18.9 Å². The summed E-state index contributed by atoms with van der Waals surface area (Å²) in [5.74, 6) is -0.768. The molecule has 164 valence electrons. The van der Waals surface area contributed by atoms with Crippen LogP contribution in [0.1, 0.15) is 29.5 Å². The Bertz CT molecular complexity index is 976. The van der Waals surface area contributed by atoms with Crippen LogP contribution in [0.3, 0.4) is 0 Å². The molecule has 1 unspecified atom stereocenters. The average Bonchev–Trinajstić information content (AvgIpc) is 3.19. The highest BCUT2D eigenvalue weighted by molar-refractivity contribution is 7.16. The summed E-state index contributed by atoms with van der Waals surface area (Å²) in [7, 11) is 0. The van der Waals surface area contributed by atoms with Crippen molar-refractivity contribution in [2.75, 3.05) is 32.7 Å². The minimum absolute atomic E-state index is 0.146. The van der Waals surface area contributed by atoms with Gasteiger partial charge in [0.05, 0.1) is 16.1 Å². The van der Waals surface area contributed by atoms with Crippen LogP contribution in [-0.2, 0) is 9.59 Å². The lowest BCUT2D eigenvalue weighted by Crippen LogP contribution is -2.56. The minimum Gasteiger partial charge on any atom is -0.329 e. The standard InChI is InChI=1S/C21H23Cl2N5O2S/c22-17-4-3-15(31-17)2-1-11-27-12-13-28(20(30)19(27)29)18(14-5-8-24-9-6-14)16-7-10-25-21(23)26-16/h1-4,7,10,14,18,24H,5-6,8-9,11-13H2. The fourth-order valence-electron chi connectivity index (χ4n) is 4.17. The van der Waals surface area contributed by atoms with Crippen LogP contribution in [-0.4, -0.2) is 64.3 Å². The van der Waals surface area contributed by atoms with Crippen LogP contribution in [0, 0.1) is 5.92 Å². The van der Waals surface area contributed by atoms with Crippen LogP contribution in [0.2, 0.25) is 9.62 Å². The number of hydrogen-bond acceptors (Lipinski definition) is 6. The van der Waals surface area contributed by atoms with Gasteiger partial charge >= 0.3 is 11.8 Å². The van der Waals surface area contributed by atoms with Gasteiger partial charge in [0, 0.05) is 30.7 Å². The van der Waals surface area contributed by atoms with Crippen LogP contribution >= 0.6 is 34.5 Å². The molecule has 0 bridgehead atoms. The zero-order valence-corrected chi connectivity index (χ0v) is 19.2. The van der Waals surface area contributed by atoms with Gasteiger partial charge in [-0.3, -0.25) is 9.59 Å². The lowest BCUT2D eigenvalue weighted by Gasteiger charge is -2.42. The van der Waals surface area contributed by atoms with Gasteiger partial charge in [-0.15, -0.1) is 11.3 Å². The third-order valence-electron chi connectivity index (χ3n) is 5.66. The molecule has 0 radical (unpaired) electrons. The number of nitrogens with zero attached hydrogens (tertiary/aromatic N) is 4. The zero-order chi connectivity index (χ0) is 21.8. The Morgan fingerprint density at radius 3 is 2.68 bits per heavy atom. The van der Waals surface area contributed by atoms with E-state index in [2.05, 4.69) is 15.3 Å². The van der Waals surface area contributed by atoms with E-state index in [4.69, 9.17) is 23.2 Å². The van der Waals surface area contributed by atoms with Crippen molar-refractivity contribution < 1.29 is 9.59 Å². The minimum atomic E-state index is -0.489. The number of amides is 2. The summed E-state index contributed by atoms with van der Waals surface area (Å²) in [4.78, 5) is 38.6. The number of piperazine rings is 1. The quantitative estimate of drug-likeness (QED) is 0.507. The summed E-state index contributed by atoms with van der Waals surface area (Å²) >= 11 is 13.5. The molecule has 2 aromatic rings. The largest absolute Gasteiger partial charge is 0.329 e. The Balaban J connectivity index is 1.49. The van der Waals surface area contributed by atoms with Gasteiger partial charge in [-0.25, -0.2) is 9.97 Å². The van der Waals surface area contributed by atoms with Gasteiger partial charge < -0.3 is 15.1 Å². The molecule has 2 fully saturated rings. The Morgan fingerprint density at radius 1 is 1.16 bits per heavy atom. The number of rotatable bonds is 6. The van der Waals surface area contributed by atoms with Crippen molar-refractivity contribution in [3.8, 4) is 0 Å². The molecule has 7 nitrogen and oxygen atoms in total. The summed E-state index contributed by atoms with van der Waals surface area (Å²) in [6, 6.07) is 5.26. The number of carbonyl (C=O) groups excluding carboxylic acids is 2. The highest BCUT2D eigenvalue weighted by atomic mass is 35.5. The summed E-state index contributed by atoms with van der Waals surface area (Å²) in [6.07, 6.45) is 7.21. The third-order valence-corrected chi connectivity index (χ3v) is 7.04. The van der Waals surface area contributed by atoms with Crippen LogP contribution in [0.25, 0.3) is 6.08 Å². The number of nitrogens with one attached hydrogen (secondary N) is 1. The Hall–Kier alpha value is -2.00. The molecule has 4 rings (SSSR count). The molecular formula is C21H23Cl2N5O2S. The first-order valence-electron chi connectivity index (χ1n) is 10.2. The van der Waals surface area contributed by atoms with E-state index in [0.717, 1.165) is 30.8 Å². The molecule has 4 heterocycles. The van der Waals surface area contributed by atoms with E-state index in [1.165, 1.54) is 11.3 Å². The number of piperidine rings is 1. The van der Waals surface area contributed by atoms with Gasteiger partial charge in [0.2, 0.25) is 5.28 Å². The molecule has 1 atom stereocenters. The van der Waals surface area contributed by atoms with E-state index in [1.807, 2.05) is 24.3 Å². The Kier molecular flexibility index (Phi) is 7.22. The normalized spacial score (nSPS) is 19.4. The summed E-state index contributed by atoms with van der Waals surface area (Å²) in [6.45, 7) is 3.06. The Morgan fingerprint density at radius 2 is 1.97 bits per heavy atom. The Labute approximate surface area is 195 Å². The molecule has 2 aromatic heterocycles. The first kappa shape index (κ1) is 22.2. The molecule has 2 amide bonds. The summed E-state index contributed by atoms with van der Waals surface area (Å²) in [5.41, 5.74) is 0.691. The highest BCUT2D eigenvalue weighted by Gasteiger charge is 2.40. The van der Waals surface area contributed by atoms with E-state index in [-0.39, 0.29) is 17.2 Å². The smallest absolute Gasteiger partial charge is 0.312 e. The van der Waals surface area contributed by atoms with Crippen molar-refractivity contribution >= 4 is 52.4 Å². The van der Waals surface area contributed by atoms with Gasteiger partial charge in [0.25, 0.3) is 0 Å². The molecule has 2 saturated heterocycles. The molecule has 31 heavy (non-hydrogen) atoms. The van der Waals surface area contributed by atoms with Crippen molar-refractivity contribution in [1.29, 1.82) is 0 Å². The van der Waals surface area contributed by atoms with Gasteiger partial charge in [-0.2, -0.15) is 0 Å². The number of thiophene rings is 1. The van der Waals surface area contributed by atoms with Crippen molar-refractivity contribution in [3.63, 3.8) is 0 Å². The number of halogens is 2. The van der Waals surface area contributed by atoms with E-state index < -0.39 is 11.8 Å². The van der Waals surface area contributed by atoms with E-state index >= 15 is 0 Å². The molecule has 0 saturated carbocycles. The van der Waals surface area contributed by atoms with Gasteiger partial charge in [0.15, 0.2) is 0 Å². The highest BCUT2D eigenvalue weighted by Crippen LogP contribution is 2.34. The van der Waals surface area contributed by atoms with Crippen LogP contribution in [0.4, 0.5) is 0 Å². The van der Waals surface area contributed by atoms with Crippen LogP contribution < -0.4 is 5.32 Å². The monoisotopic (exact) mass is 479 g/mol. The molecule has 0 spiro atoms. The molecule has 1 N–H and O–H groups in total. The van der Waals surface area contributed by atoms with Crippen molar-refractivity contribution in [2.24, 2.45) is 5.92 Å². The van der Waals surface area contributed by atoms with E-state index in [0.29, 0.717) is 29.7 Å². The molecule has 10 heteroatoms. The summed E-state index contributed by atoms with van der Waals surface area (Å²) < 4.78 is 0.716. The molecule has 2 aliphatic rings. The average molecular weight is 480 g/mol. The second kappa shape index (κ2) is 10.1. The fraction of sp³-hybridized carbons (Fsp3) is 0.429. The predicted molar refractivity (Wildman–Crippen MR) is 122 cm³/mol. The lowest BCUT2D eigenvalue weighted by molar-refractivity contribution is -0.158. The second-order valence-electron chi connectivity index (χ2n) is 7.58. The molecule has 2 aliphatic heterocycles. The summed E-state index contributed by atoms with van der Waals surface area (Å²) in [5, 5.41) is 3.49. The van der Waals surface area contributed by atoms with E-state index in [1.54, 1.807) is 22.1 Å². The first-order valence-corrected chi connectivity index (χ1v) is 11.8. The van der Waals surface area contributed by atoms with E-state index in [9.17, 15) is 9.59 Å². The maximum absolute atomic E-state index is 13.1. The fourth-order valence-corrected chi connectivity index (χ4v) is 5.32. The second-order valence-corrected chi connectivity index (χ2v) is 9.66. The zero-order valence-electron chi connectivity index (χ0n) is 16.8. The molecule has 0 aromatic carbocycles. The predicted octanol–water partition coefficient (Wildman–Crippen LogP) is 3.27. The maximum atomic E-state index is 13.1. The topological polar surface area (TPSA) is 78.4 Å². The first-order chi connectivity index (χ1) is 15.0. The molecular weight excluding hydrogens is 457 g/mol. The van der Waals surface area contributed by atoms with Crippen molar-refractivity contribution in [3.05, 3.63) is 50.7 Å². The lowest BCUT2D eigenvalue weighted by atomic mass is 9.86. The van der Waals surface area contributed by atoms with Crippen molar-refractivity contribution in [1.82, 2.24) is 25.1 Å². The molecule has 0 aliphatic carbocycles. The number of hydrogen-bond donors (Lipinski definition) is 1.